The number of carbonyl (C=O) groups excluding carboxylic acids is 1. The summed E-state index contributed by atoms with van der Waals surface area (Å²) in [5.41, 5.74) is 3.98. The van der Waals surface area contributed by atoms with Gasteiger partial charge >= 0.3 is 5.69 Å². The summed E-state index contributed by atoms with van der Waals surface area (Å²) in [6.07, 6.45) is 0. The summed E-state index contributed by atoms with van der Waals surface area (Å²) >= 11 is 0. The molecule has 7 nitrogen and oxygen atoms in total. The number of nitrogens with one attached hydrogen (secondary N) is 1. The van der Waals surface area contributed by atoms with E-state index < -0.39 is 5.69 Å². The summed E-state index contributed by atoms with van der Waals surface area (Å²) in [6.45, 7) is 3.02. The van der Waals surface area contributed by atoms with Crippen LogP contribution in [0.3, 0.4) is 0 Å². The molecule has 0 aliphatic carbocycles. The van der Waals surface area contributed by atoms with Crippen molar-refractivity contribution in [2.75, 3.05) is 14.1 Å². The Morgan fingerprint density at radius 3 is 2.29 bits per heavy atom. The van der Waals surface area contributed by atoms with Crippen LogP contribution in [0.1, 0.15) is 18.1 Å². The molecule has 0 spiro atoms. The number of fused-ring (bicyclic) bond motifs is 1. The Labute approximate surface area is 204 Å². The van der Waals surface area contributed by atoms with Crippen LogP contribution in [-0.2, 0) is 31.0 Å². The normalized spacial score (nSPS) is 11.2. The third-order valence-electron chi connectivity index (χ3n) is 6.01. The number of amides is 1. The number of hydrogen-bond acceptors (Lipinski definition) is 4. The van der Waals surface area contributed by atoms with E-state index in [-0.39, 0.29) is 24.6 Å². The molecule has 1 aromatic heterocycles. The van der Waals surface area contributed by atoms with Crippen molar-refractivity contribution in [1.29, 1.82) is 0 Å². The van der Waals surface area contributed by atoms with E-state index >= 15 is 0 Å². The van der Waals surface area contributed by atoms with E-state index in [0.717, 1.165) is 27.8 Å². The zero-order valence-electron chi connectivity index (χ0n) is 20.3. The number of nitrogens with zero attached hydrogens (tertiary/aromatic N) is 3. The molecule has 35 heavy (non-hydrogen) atoms. The van der Waals surface area contributed by atoms with E-state index in [1.54, 1.807) is 31.2 Å². The van der Waals surface area contributed by atoms with Gasteiger partial charge in [-0.1, -0.05) is 60.7 Å². The van der Waals surface area contributed by atoms with Crippen molar-refractivity contribution in [2.45, 2.75) is 33.1 Å². The van der Waals surface area contributed by atoms with Gasteiger partial charge in [-0.25, -0.2) is 4.79 Å². The van der Waals surface area contributed by atoms with Crippen molar-refractivity contribution < 1.29 is 4.79 Å². The lowest BCUT2D eigenvalue weighted by Crippen LogP contribution is -2.42. The number of para-hydroxylation sites is 1. The van der Waals surface area contributed by atoms with Crippen molar-refractivity contribution in [3.8, 4) is 11.1 Å². The van der Waals surface area contributed by atoms with Crippen LogP contribution < -0.4 is 16.6 Å². The first kappa shape index (κ1) is 24.2. The van der Waals surface area contributed by atoms with Crippen LogP contribution in [0.15, 0.2) is 82.4 Å². The molecule has 0 saturated heterocycles. The van der Waals surface area contributed by atoms with Gasteiger partial charge in [0.15, 0.2) is 0 Å². The first-order valence-corrected chi connectivity index (χ1v) is 11.7. The van der Waals surface area contributed by atoms with Crippen molar-refractivity contribution in [3.63, 3.8) is 0 Å². The number of aromatic nitrogens is 2. The van der Waals surface area contributed by atoms with Crippen LogP contribution in [0.2, 0.25) is 0 Å². The Bertz CT molecular complexity index is 1470. The van der Waals surface area contributed by atoms with Crippen LogP contribution in [-0.4, -0.2) is 34.0 Å². The van der Waals surface area contributed by atoms with E-state index in [1.807, 2.05) is 38.4 Å². The van der Waals surface area contributed by atoms with E-state index in [2.05, 4.69) is 34.5 Å². The van der Waals surface area contributed by atoms with Gasteiger partial charge in [-0.05, 0) is 55.4 Å². The molecule has 0 bridgehead atoms. The number of hydrogen-bond donors (Lipinski definition) is 1. The fourth-order valence-electron chi connectivity index (χ4n) is 4.31. The van der Waals surface area contributed by atoms with Crippen molar-refractivity contribution >= 4 is 16.8 Å². The molecule has 0 aliphatic heterocycles. The zero-order valence-corrected chi connectivity index (χ0v) is 20.3. The number of carbonyl (C=O) groups is 1. The fourth-order valence-corrected chi connectivity index (χ4v) is 4.31. The summed E-state index contributed by atoms with van der Waals surface area (Å²) in [5, 5.41) is 3.37. The standard InChI is InChI=1S/C28H30N4O3/c1-4-31-27(34)24-11-7-8-12-25(24)32(28(31)35)19-26(33)29-17-22-9-5-6-10-23(22)21-15-13-20(14-16-21)18-30(2)3/h5-16H,4,17-19H2,1-3H3,(H,29,33). The third-order valence-corrected chi connectivity index (χ3v) is 6.01. The van der Waals surface area contributed by atoms with Gasteiger partial charge in [0, 0.05) is 19.6 Å². The highest BCUT2D eigenvalue weighted by Gasteiger charge is 2.15. The molecule has 4 rings (SSSR count). The first-order chi connectivity index (χ1) is 16.9. The van der Waals surface area contributed by atoms with Gasteiger partial charge in [0.1, 0.15) is 6.54 Å². The highest BCUT2D eigenvalue weighted by molar-refractivity contribution is 5.82. The van der Waals surface area contributed by atoms with Gasteiger partial charge in [-0.2, -0.15) is 0 Å². The average molecular weight is 471 g/mol. The van der Waals surface area contributed by atoms with Crippen LogP contribution >= 0.6 is 0 Å². The zero-order chi connectivity index (χ0) is 24.9. The van der Waals surface area contributed by atoms with Gasteiger partial charge in [-0.15, -0.1) is 0 Å². The van der Waals surface area contributed by atoms with E-state index in [9.17, 15) is 14.4 Å². The molecule has 180 valence electrons. The smallest absolute Gasteiger partial charge is 0.331 e. The second-order valence-corrected chi connectivity index (χ2v) is 8.80. The van der Waals surface area contributed by atoms with E-state index in [1.165, 1.54) is 10.1 Å². The van der Waals surface area contributed by atoms with Crippen LogP contribution in [0.4, 0.5) is 0 Å². The molecule has 0 aliphatic rings. The highest BCUT2D eigenvalue weighted by Crippen LogP contribution is 2.24. The topological polar surface area (TPSA) is 76.3 Å². The van der Waals surface area contributed by atoms with E-state index in [4.69, 9.17) is 0 Å². The summed E-state index contributed by atoms with van der Waals surface area (Å²) in [6, 6.07) is 23.3. The first-order valence-electron chi connectivity index (χ1n) is 11.7. The van der Waals surface area contributed by atoms with Crippen LogP contribution in [0.25, 0.3) is 22.0 Å². The predicted octanol–water partition coefficient (Wildman–Crippen LogP) is 3.23. The van der Waals surface area contributed by atoms with E-state index in [0.29, 0.717) is 17.4 Å². The monoisotopic (exact) mass is 470 g/mol. The molecule has 4 aromatic rings. The Hall–Kier alpha value is -3.97. The Morgan fingerprint density at radius 1 is 0.886 bits per heavy atom. The Morgan fingerprint density at radius 2 is 1.57 bits per heavy atom. The summed E-state index contributed by atoms with van der Waals surface area (Å²) in [4.78, 5) is 40.6. The lowest BCUT2D eigenvalue weighted by Gasteiger charge is -2.15. The largest absolute Gasteiger partial charge is 0.350 e. The second-order valence-electron chi connectivity index (χ2n) is 8.80. The second kappa shape index (κ2) is 10.5. The van der Waals surface area contributed by atoms with Gasteiger partial charge in [-0.3, -0.25) is 18.7 Å². The minimum absolute atomic E-state index is 0.166. The lowest BCUT2D eigenvalue weighted by atomic mass is 9.98. The molecule has 0 radical (unpaired) electrons. The molecule has 0 saturated carbocycles. The molecule has 0 unspecified atom stereocenters. The predicted molar refractivity (Wildman–Crippen MR) is 139 cm³/mol. The van der Waals surface area contributed by atoms with Gasteiger partial charge in [0.05, 0.1) is 10.9 Å². The third kappa shape index (κ3) is 5.25. The molecule has 0 fully saturated rings. The maximum Gasteiger partial charge on any atom is 0.331 e. The number of rotatable bonds is 8. The number of benzene rings is 3. The van der Waals surface area contributed by atoms with Crippen molar-refractivity contribution in [3.05, 3.63) is 105 Å². The van der Waals surface area contributed by atoms with Gasteiger partial charge in [0.25, 0.3) is 5.56 Å². The van der Waals surface area contributed by atoms with Crippen LogP contribution in [0, 0.1) is 0 Å². The minimum Gasteiger partial charge on any atom is -0.350 e. The molecule has 1 heterocycles. The van der Waals surface area contributed by atoms with Crippen LogP contribution in [0.5, 0.6) is 0 Å². The molecule has 1 N–H and O–H groups in total. The quantitative estimate of drug-likeness (QED) is 0.429. The summed E-state index contributed by atoms with van der Waals surface area (Å²) in [7, 11) is 4.08. The van der Waals surface area contributed by atoms with Gasteiger partial charge in [0.2, 0.25) is 5.91 Å². The molecule has 1 amide bonds. The van der Waals surface area contributed by atoms with Gasteiger partial charge < -0.3 is 10.2 Å². The summed E-state index contributed by atoms with van der Waals surface area (Å²) < 4.78 is 2.52. The minimum atomic E-state index is -0.482. The molecule has 3 aromatic carbocycles. The molecular formula is C28H30N4O3. The Balaban J connectivity index is 1.55. The van der Waals surface area contributed by atoms with Crippen molar-refractivity contribution in [1.82, 2.24) is 19.4 Å². The van der Waals surface area contributed by atoms with Crippen molar-refractivity contribution in [2.24, 2.45) is 0 Å². The SMILES string of the molecule is CCn1c(=O)c2ccccc2n(CC(=O)NCc2ccccc2-c2ccc(CN(C)C)cc2)c1=O. The Kier molecular flexibility index (Phi) is 7.27. The maximum absolute atomic E-state index is 12.9. The molecular weight excluding hydrogens is 440 g/mol. The summed E-state index contributed by atoms with van der Waals surface area (Å²) in [5.74, 6) is -0.297. The fraction of sp³-hybridized carbons (Fsp3) is 0.250. The molecule has 0 atom stereocenters. The molecule has 7 heteroatoms. The highest BCUT2D eigenvalue weighted by atomic mass is 16.2. The maximum atomic E-state index is 12.9. The lowest BCUT2D eigenvalue weighted by molar-refractivity contribution is -0.121. The average Bonchev–Trinajstić information content (AvgIpc) is 2.86.